The smallest absolute Gasteiger partial charge is 0.186 e. The Bertz CT molecular complexity index is 833. The number of ether oxygens (including phenoxy) is 2. The average Bonchev–Trinajstić information content (AvgIpc) is 3.14. The zero-order chi connectivity index (χ0) is 15.8. The molecule has 2 aromatic carbocycles. The number of aromatic nitrogens is 1. The minimum absolute atomic E-state index is 0.377. The van der Waals surface area contributed by atoms with Gasteiger partial charge in [-0.15, -0.1) is 0 Å². The first-order valence-electron chi connectivity index (χ1n) is 7.47. The number of para-hydroxylation sites is 1. The van der Waals surface area contributed by atoms with Crippen molar-refractivity contribution in [3.8, 4) is 0 Å². The molecule has 0 spiro atoms. The summed E-state index contributed by atoms with van der Waals surface area (Å²) in [6, 6.07) is 11.4. The van der Waals surface area contributed by atoms with E-state index < -0.39 is 11.6 Å². The lowest BCUT2D eigenvalue weighted by atomic mass is 10.1. The summed E-state index contributed by atoms with van der Waals surface area (Å²) in [7, 11) is 0. The Morgan fingerprint density at radius 1 is 1.00 bits per heavy atom. The molecule has 0 radical (unpaired) electrons. The summed E-state index contributed by atoms with van der Waals surface area (Å²) < 4.78 is 40.0. The highest BCUT2D eigenvalue weighted by atomic mass is 19.1. The van der Waals surface area contributed by atoms with Gasteiger partial charge in [0.25, 0.3) is 0 Å². The summed E-state index contributed by atoms with van der Waals surface area (Å²) in [6.07, 6.45) is 1.55. The predicted octanol–water partition coefficient (Wildman–Crippen LogP) is 4.01. The van der Waals surface area contributed by atoms with E-state index in [-0.39, 0.29) is 6.29 Å². The van der Waals surface area contributed by atoms with Gasteiger partial charge in [-0.1, -0.05) is 18.2 Å². The Labute approximate surface area is 132 Å². The maximum absolute atomic E-state index is 13.4. The van der Waals surface area contributed by atoms with Gasteiger partial charge < -0.3 is 14.0 Å². The SMILES string of the molecule is Fc1cc(F)cc(Cn2cc(C3OCCO3)c3ccccc32)c1. The van der Waals surface area contributed by atoms with Crippen molar-refractivity contribution in [3.63, 3.8) is 0 Å². The topological polar surface area (TPSA) is 23.4 Å². The number of halogens is 2. The molecule has 0 N–H and O–H groups in total. The Morgan fingerprint density at radius 2 is 1.70 bits per heavy atom. The first kappa shape index (κ1) is 14.4. The quantitative estimate of drug-likeness (QED) is 0.729. The molecule has 0 aliphatic carbocycles. The lowest BCUT2D eigenvalue weighted by Crippen LogP contribution is -2.00. The summed E-state index contributed by atoms with van der Waals surface area (Å²) in [5, 5.41) is 1.02. The molecule has 0 atom stereocenters. The third kappa shape index (κ3) is 2.73. The van der Waals surface area contributed by atoms with Gasteiger partial charge in [-0.05, 0) is 23.8 Å². The van der Waals surface area contributed by atoms with Crippen molar-refractivity contribution < 1.29 is 18.3 Å². The van der Waals surface area contributed by atoms with Gasteiger partial charge in [0.1, 0.15) is 11.6 Å². The summed E-state index contributed by atoms with van der Waals surface area (Å²) in [6.45, 7) is 1.51. The van der Waals surface area contributed by atoms with Crippen LogP contribution in [0.15, 0.2) is 48.7 Å². The van der Waals surface area contributed by atoms with Crippen LogP contribution in [0.5, 0.6) is 0 Å². The van der Waals surface area contributed by atoms with Crippen LogP contribution in [0, 0.1) is 11.6 Å². The maximum atomic E-state index is 13.4. The molecule has 0 unspecified atom stereocenters. The van der Waals surface area contributed by atoms with E-state index in [2.05, 4.69) is 0 Å². The molecule has 5 heteroatoms. The van der Waals surface area contributed by atoms with Crippen molar-refractivity contribution in [2.45, 2.75) is 12.8 Å². The fourth-order valence-corrected chi connectivity index (χ4v) is 3.03. The number of nitrogens with zero attached hydrogens (tertiary/aromatic N) is 1. The van der Waals surface area contributed by atoms with Crippen molar-refractivity contribution in [1.82, 2.24) is 4.57 Å². The van der Waals surface area contributed by atoms with Gasteiger partial charge in [0, 0.05) is 35.3 Å². The monoisotopic (exact) mass is 315 g/mol. The largest absolute Gasteiger partial charge is 0.346 e. The molecule has 1 fully saturated rings. The third-order valence-electron chi connectivity index (χ3n) is 3.97. The number of hydrogen-bond acceptors (Lipinski definition) is 2. The van der Waals surface area contributed by atoms with Gasteiger partial charge >= 0.3 is 0 Å². The molecule has 0 bridgehead atoms. The minimum atomic E-state index is -0.570. The Morgan fingerprint density at radius 3 is 2.43 bits per heavy atom. The molecular weight excluding hydrogens is 300 g/mol. The van der Waals surface area contributed by atoms with Crippen LogP contribution in [0.4, 0.5) is 8.78 Å². The van der Waals surface area contributed by atoms with Crippen LogP contribution in [0.25, 0.3) is 10.9 Å². The fraction of sp³-hybridized carbons (Fsp3) is 0.222. The average molecular weight is 315 g/mol. The zero-order valence-corrected chi connectivity index (χ0v) is 12.3. The van der Waals surface area contributed by atoms with Gasteiger partial charge in [-0.3, -0.25) is 0 Å². The third-order valence-corrected chi connectivity index (χ3v) is 3.97. The normalized spacial score (nSPS) is 15.6. The molecule has 4 rings (SSSR count). The Hall–Kier alpha value is -2.24. The minimum Gasteiger partial charge on any atom is -0.346 e. The molecule has 1 saturated heterocycles. The molecule has 118 valence electrons. The van der Waals surface area contributed by atoms with Crippen LogP contribution in [0.1, 0.15) is 17.4 Å². The van der Waals surface area contributed by atoms with Gasteiger partial charge in [0.05, 0.1) is 13.2 Å². The Kier molecular flexibility index (Phi) is 3.59. The molecule has 3 nitrogen and oxygen atoms in total. The second-order valence-electron chi connectivity index (χ2n) is 5.58. The second-order valence-corrected chi connectivity index (χ2v) is 5.58. The first-order valence-corrected chi connectivity index (χ1v) is 7.47. The van der Waals surface area contributed by atoms with E-state index in [4.69, 9.17) is 9.47 Å². The number of benzene rings is 2. The molecule has 1 aromatic heterocycles. The van der Waals surface area contributed by atoms with E-state index in [9.17, 15) is 8.78 Å². The van der Waals surface area contributed by atoms with Crippen LogP contribution in [0.2, 0.25) is 0 Å². The summed E-state index contributed by atoms with van der Waals surface area (Å²) >= 11 is 0. The summed E-state index contributed by atoms with van der Waals surface area (Å²) in [5.74, 6) is -1.14. The van der Waals surface area contributed by atoms with Crippen molar-refractivity contribution in [3.05, 3.63) is 71.4 Å². The summed E-state index contributed by atoms with van der Waals surface area (Å²) in [4.78, 5) is 0. The van der Waals surface area contributed by atoms with Gasteiger partial charge in [-0.25, -0.2) is 8.78 Å². The van der Waals surface area contributed by atoms with Crippen molar-refractivity contribution in [2.75, 3.05) is 13.2 Å². The molecular formula is C18H15F2NO2. The number of rotatable bonds is 3. The van der Waals surface area contributed by atoms with Crippen molar-refractivity contribution in [1.29, 1.82) is 0 Å². The van der Waals surface area contributed by atoms with Crippen LogP contribution in [0.3, 0.4) is 0 Å². The van der Waals surface area contributed by atoms with E-state index >= 15 is 0 Å². The van der Waals surface area contributed by atoms with Gasteiger partial charge in [0.2, 0.25) is 0 Å². The lowest BCUT2D eigenvalue weighted by molar-refractivity contribution is -0.0431. The molecule has 1 aliphatic heterocycles. The molecule has 0 saturated carbocycles. The van der Waals surface area contributed by atoms with E-state index in [0.717, 1.165) is 22.5 Å². The van der Waals surface area contributed by atoms with Crippen LogP contribution in [-0.4, -0.2) is 17.8 Å². The van der Waals surface area contributed by atoms with E-state index in [1.807, 2.05) is 35.0 Å². The highest BCUT2D eigenvalue weighted by Gasteiger charge is 2.23. The zero-order valence-electron chi connectivity index (χ0n) is 12.3. The van der Waals surface area contributed by atoms with Crippen molar-refractivity contribution in [2.24, 2.45) is 0 Å². The van der Waals surface area contributed by atoms with Gasteiger partial charge in [0.15, 0.2) is 6.29 Å². The highest BCUT2D eigenvalue weighted by Crippen LogP contribution is 2.32. The number of hydrogen-bond donors (Lipinski definition) is 0. The molecule has 23 heavy (non-hydrogen) atoms. The maximum Gasteiger partial charge on any atom is 0.186 e. The Balaban J connectivity index is 1.77. The van der Waals surface area contributed by atoms with Crippen LogP contribution >= 0.6 is 0 Å². The number of fused-ring (bicyclic) bond motifs is 1. The molecule has 1 aliphatic rings. The standard InChI is InChI=1S/C18H15F2NO2/c19-13-7-12(8-14(20)9-13)10-21-11-16(18-22-5-6-23-18)15-3-1-2-4-17(15)21/h1-4,7-9,11,18H,5-6,10H2. The first-order chi connectivity index (χ1) is 11.2. The highest BCUT2D eigenvalue weighted by molar-refractivity contribution is 5.84. The lowest BCUT2D eigenvalue weighted by Gasteiger charge is -2.07. The summed E-state index contributed by atoms with van der Waals surface area (Å²) in [5.41, 5.74) is 2.49. The van der Waals surface area contributed by atoms with Crippen LogP contribution < -0.4 is 0 Å². The van der Waals surface area contributed by atoms with Gasteiger partial charge in [-0.2, -0.15) is 0 Å². The van der Waals surface area contributed by atoms with Crippen LogP contribution in [-0.2, 0) is 16.0 Å². The molecule has 0 amide bonds. The van der Waals surface area contributed by atoms with Crippen molar-refractivity contribution >= 4 is 10.9 Å². The predicted molar refractivity (Wildman–Crippen MR) is 82.0 cm³/mol. The molecule has 3 aromatic rings. The fourth-order valence-electron chi connectivity index (χ4n) is 3.03. The van der Waals surface area contributed by atoms with E-state index in [0.29, 0.717) is 25.3 Å². The van der Waals surface area contributed by atoms with E-state index in [1.54, 1.807) is 0 Å². The second kappa shape index (κ2) is 5.76. The molecule has 2 heterocycles. The van der Waals surface area contributed by atoms with E-state index in [1.165, 1.54) is 12.1 Å².